The number of hydrogen-bond acceptors (Lipinski definition) is 2. The maximum atomic E-state index is 12.0. The fourth-order valence-electron chi connectivity index (χ4n) is 2.12. The lowest BCUT2D eigenvalue weighted by Crippen LogP contribution is -2.32. The second-order valence-corrected chi connectivity index (χ2v) is 5.04. The minimum absolute atomic E-state index is 0.0254. The smallest absolute Gasteiger partial charge is 0.258 e. The van der Waals surface area contributed by atoms with Crippen molar-refractivity contribution >= 4 is 5.91 Å². The van der Waals surface area contributed by atoms with Crippen molar-refractivity contribution in [1.29, 1.82) is 0 Å². The topological polar surface area (TPSA) is 38.3 Å². The Hall–Kier alpha value is -2.29. The first-order valence-corrected chi connectivity index (χ1v) is 7.23. The van der Waals surface area contributed by atoms with Crippen LogP contribution in [-0.2, 0) is 4.79 Å². The van der Waals surface area contributed by atoms with Crippen molar-refractivity contribution < 1.29 is 9.53 Å². The lowest BCUT2D eigenvalue weighted by molar-refractivity contribution is -0.123. The average molecular weight is 283 g/mol. The predicted octanol–water partition coefficient (Wildman–Crippen LogP) is 3.64. The van der Waals surface area contributed by atoms with Gasteiger partial charge in [0.2, 0.25) is 0 Å². The molecule has 0 aliphatic rings. The summed E-state index contributed by atoms with van der Waals surface area (Å²) < 4.78 is 5.46. The van der Waals surface area contributed by atoms with Crippen LogP contribution in [-0.4, -0.2) is 12.5 Å². The molecular weight excluding hydrogens is 262 g/mol. The van der Waals surface area contributed by atoms with Crippen molar-refractivity contribution in [3.05, 3.63) is 65.7 Å². The molecule has 2 aromatic rings. The summed E-state index contributed by atoms with van der Waals surface area (Å²) in [6.07, 6.45) is 0.847. The molecule has 0 spiro atoms. The number of nitrogens with one attached hydrogen (secondary N) is 1. The Morgan fingerprint density at radius 3 is 2.38 bits per heavy atom. The minimum atomic E-state index is -0.105. The maximum absolute atomic E-state index is 12.0. The van der Waals surface area contributed by atoms with E-state index in [0.717, 1.165) is 12.0 Å². The second kappa shape index (κ2) is 7.48. The standard InChI is InChI=1S/C18H21NO2/c1-3-17(15-11-9-14(2)10-12-15)19-18(20)13-21-16-7-5-4-6-8-16/h4-12,17H,3,13H2,1-2H3,(H,19,20). The zero-order chi connectivity index (χ0) is 15.1. The van der Waals surface area contributed by atoms with Crippen LogP contribution in [0.5, 0.6) is 5.75 Å². The minimum Gasteiger partial charge on any atom is -0.484 e. The molecule has 110 valence electrons. The van der Waals surface area contributed by atoms with Crippen LogP contribution < -0.4 is 10.1 Å². The molecule has 0 aliphatic carbocycles. The van der Waals surface area contributed by atoms with Crippen LogP contribution in [0.1, 0.15) is 30.5 Å². The van der Waals surface area contributed by atoms with Gasteiger partial charge in [-0.25, -0.2) is 0 Å². The molecule has 2 aromatic carbocycles. The Morgan fingerprint density at radius 1 is 1.10 bits per heavy atom. The van der Waals surface area contributed by atoms with E-state index < -0.39 is 0 Å². The van der Waals surface area contributed by atoms with E-state index in [4.69, 9.17) is 4.74 Å². The molecule has 2 rings (SSSR count). The number of aryl methyl sites for hydroxylation is 1. The molecule has 1 amide bonds. The molecule has 0 fully saturated rings. The Morgan fingerprint density at radius 2 is 1.76 bits per heavy atom. The monoisotopic (exact) mass is 283 g/mol. The summed E-state index contributed by atoms with van der Waals surface area (Å²) in [6, 6.07) is 17.6. The quantitative estimate of drug-likeness (QED) is 0.879. The molecule has 0 radical (unpaired) electrons. The summed E-state index contributed by atoms with van der Waals surface area (Å²) >= 11 is 0. The summed E-state index contributed by atoms with van der Waals surface area (Å²) in [6.45, 7) is 4.15. The molecular formula is C18H21NO2. The van der Waals surface area contributed by atoms with Gasteiger partial charge in [0, 0.05) is 0 Å². The van der Waals surface area contributed by atoms with E-state index in [-0.39, 0.29) is 18.6 Å². The number of rotatable bonds is 6. The van der Waals surface area contributed by atoms with Gasteiger partial charge in [-0.05, 0) is 31.0 Å². The van der Waals surface area contributed by atoms with Crippen molar-refractivity contribution in [3.8, 4) is 5.75 Å². The van der Waals surface area contributed by atoms with Crippen LogP contribution in [0.3, 0.4) is 0 Å². The van der Waals surface area contributed by atoms with E-state index >= 15 is 0 Å². The molecule has 0 aromatic heterocycles. The summed E-state index contributed by atoms with van der Waals surface area (Å²) in [5.41, 5.74) is 2.34. The molecule has 0 saturated heterocycles. The normalized spacial score (nSPS) is 11.7. The molecule has 0 aliphatic heterocycles. The van der Waals surface area contributed by atoms with E-state index in [9.17, 15) is 4.79 Å². The lowest BCUT2D eigenvalue weighted by atomic mass is 10.0. The molecule has 21 heavy (non-hydrogen) atoms. The van der Waals surface area contributed by atoms with Crippen molar-refractivity contribution in [2.45, 2.75) is 26.3 Å². The number of carbonyl (C=O) groups is 1. The van der Waals surface area contributed by atoms with Crippen LogP contribution in [0, 0.1) is 6.92 Å². The summed E-state index contributed by atoms with van der Waals surface area (Å²) in [4.78, 5) is 12.0. The molecule has 1 N–H and O–H groups in total. The Kier molecular flexibility index (Phi) is 5.38. The predicted molar refractivity (Wildman–Crippen MR) is 84.3 cm³/mol. The molecule has 0 heterocycles. The highest BCUT2D eigenvalue weighted by atomic mass is 16.5. The van der Waals surface area contributed by atoms with Gasteiger partial charge in [-0.2, -0.15) is 0 Å². The van der Waals surface area contributed by atoms with Gasteiger partial charge in [-0.1, -0.05) is 55.0 Å². The van der Waals surface area contributed by atoms with Gasteiger partial charge < -0.3 is 10.1 Å². The first kappa shape index (κ1) is 15.1. The highest BCUT2D eigenvalue weighted by Crippen LogP contribution is 2.17. The van der Waals surface area contributed by atoms with Gasteiger partial charge in [0.1, 0.15) is 5.75 Å². The van der Waals surface area contributed by atoms with Crippen molar-refractivity contribution in [2.75, 3.05) is 6.61 Å². The van der Waals surface area contributed by atoms with E-state index in [0.29, 0.717) is 5.75 Å². The molecule has 1 unspecified atom stereocenters. The van der Waals surface area contributed by atoms with Crippen molar-refractivity contribution in [3.63, 3.8) is 0 Å². The fraction of sp³-hybridized carbons (Fsp3) is 0.278. The Balaban J connectivity index is 1.89. The summed E-state index contributed by atoms with van der Waals surface area (Å²) in [7, 11) is 0. The zero-order valence-corrected chi connectivity index (χ0v) is 12.5. The largest absolute Gasteiger partial charge is 0.484 e. The highest BCUT2D eigenvalue weighted by molar-refractivity contribution is 5.78. The van der Waals surface area contributed by atoms with E-state index in [2.05, 4.69) is 43.4 Å². The molecule has 3 nitrogen and oxygen atoms in total. The van der Waals surface area contributed by atoms with E-state index in [1.165, 1.54) is 5.56 Å². The summed E-state index contributed by atoms with van der Waals surface area (Å²) in [5, 5.41) is 3.01. The van der Waals surface area contributed by atoms with Gasteiger partial charge in [-0.3, -0.25) is 4.79 Å². The van der Waals surface area contributed by atoms with Crippen LogP contribution in [0.15, 0.2) is 54.6 Å². The van der Waals surface area contributed by atoms with Gasteiger partial charge in [-0.15, -0.1) is 0 Å². The lowest BCUT2D eigenvalue weighted by Gasteiger charge is -2.18. The van der Waals surface area contributed by atoms with Crippen LogP contribution in [0.25, 0.3) is 0 Å². The van der Waals surface area contributed by atoms with Crippen LogP contribution in [0.4, 0.5) is 0 Å². The third-order valence-electron chi connectivity index (χ3n) is 3.34. The third kappa shape index (κ3) is 4.63. The summed E-state index contributed by atoms with van der Waals surface area (Å²) in [5.74, 6) is 0.599. The third-order valence-corrected chi connectivity index (χ3v) is 3.34. The van der Waals surface area contributed by atoms with Crippen molar-refractivity contribution in [2.24, 2.45) is 0 Å². The number of carbonyl (C=O) groups excluding carboxylic acids is 1. The number of ether oxygens (including phenoxy) is 1. The van der Waals surface area contributed by atoms with Gasteiger partial charge in [0.25, 0.3) is 5.91 Å². The zero-order valence-electron chi connectivity index (χ0n) is 12.5. The van der Waals surface area contributed by atoms with E-state index in [1.807, 2.05) is 30.3 Å². The first-order chi connectivity index (χ1) is 10.2. The number of para-hydroxylation sites is 1. The van der Waals surface area contributed by atoms with Gasteiger partial charge in [0.05, 0.1) is 6.04 Å². The van der Waals surface area contributed by atoms with Crippen molar-refractivity contribution in [1.82, 2.24) is 5.32 Å². The first-order valence-electron chi connectivity index (χ1n) is 7.23. The van der Waals surface area contributed by atoms with Gasteiger partial charge in [0.15, 0.2) is 6.61 Å². The second-order valence-electron chi connectivity index (χ2n) is 5.04. The molecule has 0 bridgehead atoms. The highest BCUT2D eigenvalue weighted by Gasteiger charge is 2.12. The maximum Gasteiger partial charge on any atom is 0.258 e. The molecule has 1 atom stereocenters. The Bertz CT molecular complexity index is 564. The van der Waals surface area contributed by atoms with E-state index in [1.54, 1.807) is 0 Å². The average Bonchev–Trinajstić information content (AvgIpc) is 2.52. The SMILES string of the molecule is CCC(NC(=O)COc1ccccc1)c1ccc(C)cc1. The van der Waals surface area contributed by atoms with Gasteiger partial charge >= 0.3 is 0 Å². The number of amides is 1. The van der Waals surface area contributed by atoms with Crippen LogP contribution >= 0.6 is 0 Å². The number of hydrogen-bond donors (Lipinski definition) is 1. The Labute approximate surface area is 126 Å². The molecule has 3 heteroatoms. The fourth-order valence-corrected chi connectivity index (χ4v) is 2.12. The van der Waals surface area contributed by atoms with Crippen LogP contribution in [0.2, 0.25) is 0 Å². The number of benzene rings is 2. The molecule has 0 saturated carbocycles.